The summed E-state index contributed by atoms with van der Waals surface area (Å²) in [7, 11) is 5.16. The van der Waals surface area contributed by atoms with E-state index in [1.54, 1.807) is 26.1 Å². The van der Waals surface area contributed by atoms with Crippen molar-refractivity contribution in [2.75, 3.05) is 34.3 Å². The van der Waals surface area contributed by atoms with Crippen LogP contribution in [0.5, 0.6) is 5.75 Å². The first kappa shape index (κ1) is 25.7. The van der Waals surface area contributed by atoms with Gasteiger partial charge in [-0.05, 0) is 35.6 Å². The number of nitrogens with zero attached hydrogens (tertiary/aromatic N) is 2. The van der Waals surface area contributed by atoms with Gasteiger partial charge in [-0.1, -0.05) is 49.4 Å². The Labute approximate surface area is 197 Å². The molecule has 1 atom stereocenters. The van der Waals surface area contributed by atoms with Crippen LogP contribution in [0.2, 0.25) is 0 Å². The zero-order chi connectivity index (χ0) is 21.1. The lowest BCUT2D eigenvalue weighted by Crippen LogP contribution is -2.43. The summed E-state index contributed by atoms with van der Waals surface area (Å²) in [6.07, 6.45) is 0.944. The minimum Gasteiger partial charge on any atom is -0.497 e. The van der Waals surface area contributed by atoms with E-state index in [0.717, 1.165) is 24.3 Å². The van der Waals surface area contributed by atoms with Crippen LogP contribution in [0.25, 0.3) is 0 Å². The van der Waals surface area contributed by atoms with Crippen molar-refractivity contribution >= 4 is 35.8 Å². The van der Waals surface area contributed by atoms with E-state index in [1.165, 1.54) is 5.56 Å². The highest BCUT2D eigenvalue weighted by atomic mass is 127. The first-order valence-corrected chi connectivity index (χ1v) is 9.89. The molecule has 0 aromatic heterocycles. The number of halogens is 1. The topological polar surface area (TPSA) is 66.0 Å². The van der Waals surface area contributed by atoms with Gasteiger partial charge in [0, 0.05) is 20.6 Å². The zero-order valence-electron chi connectivity index (χ0n) is 18.2. The van der Waals surface area contributed by atoms with Gasteiger partial charge >= 0.3 is 0 Å². The van der Waals surface area contributed by atoms with Crippen molar-refractivity contribution in [1.82, 2.24) is 15.5 Å². The number of amides is 1. The van der Waals surface area contributed by atoms with Crippen LogP contribution in [0, 0.1) is 0 Å². The number of likely N-dealkylation sites (N-methyl/N-ethyl adjacent to an activating group) is 1. The summed E-state index contributed by atoms with van der Waals surface area (Å²) in [6, 6.07) is 18.2. The van der Waals surface area contributed by atoms with Crippen molar-refractivity contribution in [3.8, 4) is 5.75 Å². The van der Waals surface area contributed by atoms with Crippen LogP contribution in [0.4, 0.5) is 0 Å². The molecule has 164 valence electrons. The van der Waals surface area contributed by atoms with E-state index in [-0.39, 0.29) is 36.4 Å². The minimum absolute atomic E-state index is 0. The summed E-state index contributed by atoms with van der Waals surface area (Å²) in [6.45, 7) is 3.72. The van der Waals surface area contributed by atoms with Crippen LogP contribution >= 0.6 is 24.0 Å². The smallest absolute Gasteiger partial charge is 0.241 e. The van der Waals surface area contributed by atoms with Crippen LogP contribution in [-0.2, 0) is 11.3 Å². The second-order valence-corrected chi connectivity index (χ2v) is 7.18. The average molecular weight is 524 g/mol. The average Bonchev–Trinajstić information content (AvgIpc) is 2.75. The van der Waals surface area contributed by atoms with E-state index in [0.29, 0.717) is 18.4 Å². The quantitative estimate of drug-likeness (QED) is 0.299. The number of carbonyl (C=O) groups is 1. The molecule has 0 radical (unpaired) electrons. The van der Waals surface area contributed by atoms with Gasteiger partial charge in [0.2, 0.25) is 5.91 Å². The van der Waals surface area contributed by atoms with E-state index in [4.69, 9.17) is 4.74 Å². The zero-order valence-corrected chi connectivity index (χ0v) is 20.6. The highest BCUT2D eigenvalue weighted by molar-refractivity contribution is 14.0. The lowest BCUT2D eigenvalue weighted by atomic mass is 9.98. The lowest BCUT2D eigenvalue weighted by molar-refractivity contribution is -0.127. The molecule has 0 fully saturated rings. The molecule has 7 heteroatoms. The number of carbonyl (C=O) groups excluding carboxylic acids is 1. The molecule has 2 aromatic carbocycles. The van der Waals surface area contributed by atoms with Crippen molar-refractivity contribution in [2.24, 2.45) is 4.99 Å². The molecule has 0 aliphatic carbocycles. The molecule has 0 saturated carbocycles. The second-order valence-electron chi connectivity index (χ2n) is 7.18. The summed E-state index contributed by atoms with van der Waals surface area (Å²) in [5, 5.41) is 6.48. The Hall–Kier alpha value is -2.29. The van der Waals surface area contributed by atoms with Crippen molar-refractivity contribution in [3.05, 3.63) is 65.7 Å². The fourth-order valence-corrected chi connectivity index (χ4v) is 2.75. The van der Waals surface area contributed by atoms with Crippen LogP contribution < -0.4 is 15.4 Å². The molecule has 0 spiro atoms. The van der Waals surface area contributed by atoms with Crippen molar-refractivity contribution in [2.45, 2.75) is 25.8 Å². The number of nitrogens with one attached hydrogen (secondary N) is 2. The van der Waals surface area contributed by atoms with Gasteiger partial charge in [0.1, 0.15) is 5.75 Å². The molecule has 2 aromatic rings. The maximum absolute atomic E-state index is 11.9. The number of benzene rings is 2. The fourth-order valence-electron chi connectivity index (χ4n) is 2.75. The standard InChI is InChI=1S/C23H32N4O2.HI/c1-18(20-10-12-21(29-4)13-11-20)14-15-24-23(26-17-22(28)27(2)3)25-16-19-8-6-5-7-9-19;/h5-13,18H,14-17H2,1-4H3,(H2,24,25,26);1H. The van der Waals surface area contributed by atoms with Gasteiger partial charge in [-0.25, -0.2) is 4.99 Å². The van der Waals surface area contributed by atoms with E-state index < -0.39 is 0 Å². The van der Waals surface area contributed by atoms with E-state index in [1.807, 2.05) is 42.5 Å². The molecule has 2 N–H and O–H groups in total. The Morgan fingerprint density at radius 3 is 2.33 bits per heavy atom. The molecule has 0 heterocycles. The largest absolute Gasteiger partial charge is 0.497 e. The number of ether oxygens (including phenoxy) is 1. The number of hydrogen-bond donors (Lipinski definition) is 2. The molecule has 6 nitrogen and oxygen atoms in total. The Balaban J connectivity index is 0.00000450. The number of methoxy groups -OCH3 is 1. The van der Waals surface area contributed by atoms with Crippen molar-refractivity contribution < 1.29 is 9.53 Å². The maximum atomic E-state index is 11.9. The van der Waals surface area contributed by atoms with Crippen LogP contribution in [0.15, 0.2) is 59.6 Å². The highest BCUT2D eigenvalue weighted by Gasteiger charge is 2.08. The van der Waals surface area contributed by atoms with E-state index in [2.05, 4.69) is 34.7 Å². The summed E-state index contributed by atoms with van der Waals surface area (Å²) in [5.74, 6) is 1.91. The van der Waals surface area contributed by atoms with Gasteiger partial charge in [0.25, 0.3) is 0 Å². The predicted molar refractivity (Wildman–Crippen MR) is 134 cm³/mol. The molecule has 0 saturated heterocycles. The van der Waals surface area contributed by atoms with Gasteiger partial charge < -0.3 is 20.3 Å². The molecule has 1 amide bonds. The minimum atomic E-state index is 0. The van der Waals surface area contributed by atoms with Gasteiger partial charge in [-0.2, -0.15) is 0 Å². The third-order valence-electron chi connectivity index (χ3n) is 4.72. The van der Waals surface area contributed by atoms with E-state index in [9.17, 15) is 4.79 Å². The maximum Gasteiger partial charge on any atom is 0.241 e. The third kappa shape index (κ3) is 9.02. The Bertz CT molecular complexity index is 780. The fraction of sp³-hybridized carbons (Fsp3) is 0.391. The number of rotatable bonds is 9. The van der Waals surface area contributed by atoms with Gasteiger partial charge in [-0.3, -0.25) is 4.79 Å². The molecule has 0 bridgehead atoms. The number of hydrogen-bond acceptors (Lipinski definition) is 3. The van der Waals surface area contributed by atoms with Crippen molar-refractivity contribution in [3.63, 3.8) is 0 Å². The SMILES string of the molecule is COc1ccc(C(C)CCNC(=NCc2ccccc2)NCC(=O)N(C)C)cc1.I. The monoisotopic (exact) mass is 524 g/mol. The molecule has 1 unspecified atom stereocenters. The van der Waals surface area contributed by atoms with E-state index >= 15 is 0 Å². The molecule has 30 heavy (non-hydrogen) atoms. The highest BCUT2D eigenvalue weighted by Crippen LogP contribution is 2.21. The summed E-state index contributed by atoms with van der Waals surface area (Å²) in [5.41, 5.74) is 2.39. The van der Waals surface area contributed by atoms with Crippen molar-refractivity contribution in [1.29, 1.82) is 0 Å². The first-order chi connectivity index (χ1) is 14.0. The van der Waals surface area contributed by atoms with Crippen LogP contribution in [0.1, 0.15) is 30.4 Å². The summed E-state index contributed by atoms with van der Waals surface area (Å²) < 4.78 is 5.22. The summed E-state index contributed by atoms with van der Waals surface area (Å²) in [4.78, 5) is 18.1. The predicted octanol–water partition coefficient (Wildman–Crippen LogP) is 3.63. The first-order valence-electron chi connectivity index (χ1n) is 9.89. The molecular weight excluding hydrogens is 491 g/mol. The molecule has 2 rings (SSSR count). The Morgan fingerprint density at radius 1 is 1.07 bits per heavy atom. The number of guanidine groups is 1. The second kappa shape index (κ2) is 13.8. The van der Waals surface area contributed by atoms with Crippen LogP contribution in [-0.4, -0.2) is 51.1 Å². The Kier molecular flexibility index (Phi) is 11.9. The van der Waals surface area contributed by atoms with Crippen LogP contribution in [0.3, 0.4) is 0 Å². The molecule has 0 aliphatic heterocycles. The summed E-state index contributed by atoms with van der Waals surface area (Å²) >= 11 is 0. The van der Waals surface area contributed by atoms with Gasteiger partial charge in [-0.15, -0.1) is 24.0 Å². The van der Waals surface area contributed by atoms with Gasteiger partial charge in [0.05, 0.1) is 20.2 Å². The number of aliphatic imine (C=N–C) groups is 1. The third-order valence-corrected chi connectivity index (χ3v) is 4.72. The lowest BCUT2D eigenvalue weighted by Gasteiger charge is -2.17. The molecular formula is C23H33IN4O2. The normalized spacial score (nSPS) is 11.8. The Morgan fingerprint density at radius 2 is 1.73 bits per heavy atom. The van der Waals surface area contributed by atoms with Gasteiger partial charge in [0.15, 0.2) is 5.96 Å². The molecule has 0 aliphatic rings.